The number of aryl methyl sites for hydroxylation is 1. The second-order valence-corrected chi connectivity index (χ2v) is 6.60. The molecule has 1 aromatic carbocycles. The minimum atomic E-state index is 0.141. The molecule has 1 aromatic heterocycles. The lowest BCUT2D eigenvalue weighted by Gasteiger charge is -2.09. The number of amides is 1. The van der Waals surface area contributed by atoms with Crippen LogP contribution in [0.2, 0.25) is 0 Å². The van der Waals surface area contributed by atoms with E-state index in [9.17, 15) is 4.79 Å². The number of carbonyl (C=O) groups is 1. The van der Waals surface area contributed by atoms with Gasteiger partial charge < -0.3 is 9.88 Å². The minimum Gasteiger partial charge on any atom is -0.356 e. The van der Waals surface area contributed by atoms with Crippen LogP contribution < -0.4 is 5.32 Å². The largest absolute Gasteiger partial charge is 0.356 e. The summed E-state index contributed by atoms with van der Waals surface area (Å²) in [5.41, 5.74) is 2.30. The van der Waals surface area contributed by atoms with Gasteiger partial charge >= 0.3 is 0 Å². The number of aromatic nitrogens is 1. The lowest BCUT2D eigenvalue weighted by Crippen LogP contribution is -2.26. The third-order valence-electron chi connectivity index (χ3n) is 4.92. The molecule has 0 unspecified atom stereocenters. The van der Waals surface area contributed by atoms with Gasteiger partial charge in [-0.15, -0.1) is 0 Å². The van der Waals surface area contributed by atoms with Crippen LogP contribution in [0.25, 0.3) is 10.9 Å². The Balaban J connectivity index is 1.48. The molecule has 3 nitrogen and oxygen atoms in total. The molecule has 1 fully saturated rings. The van der Waals surface area contributed by atoms with E-state index in [0.717, 1.165) is 24.4 Å². The molecular formula is C19H26N2O. The van der Waals surface area contributed by atoms with Crippen LogP contribution in [0.3, 0.4) is 0 Å². The van der Waals surface area contributed by atoms with E-state index < -0.39 is 0 Å². The highest BCUT2D eigenvalue weighted by molar-refractivity contribution is 5.89. The maximum Gasteiger partial charge on any atom is 0.224 e. The molecule has 118 valence electrons. The molecule has 0 saturated heterocycles. The first kappa shape index (κ1) is 15.1. The Morgan fingerprint density at radius 1 is 1.27 bits per heavy atom. The van der Waals surface area contributed by atoms with E-state index in [2.05, 4.69) is 28.2 Å². The van der Waals surface area contributed by atoms with Crippen LogP contribution in [-0.2, 0) is 18.3 Å². The molecule has 0 atom stereocenters. The van der Waals surface area contributed by atoms with Crippen LogP contribution in [0, 0.1) is 5.92 Å². The molecule has 22 heavy (non-hydrogen) atoms. The maximum atomic E-state index is 12.1. The summed E-state index contributed by atoms with van der Waals surface area (Å²) in [6.45, 7) is 0.820. The third-order valence-corrected chi connectivity index (χ3v) is 4.92. The Morgan fingerprint density at radius 3 is 2.86 bits per heavy atom. The number of hydrogen-bond donors (Lipinski definition) is 1. The van der Waals surface area contributed by atoms with Gasteiger partial charge in [0.25, 0.3) is 0 Å². The van der Waals surface area contributed by atoms with E-state index >= 15 is 0 Å². The molecule has 0 aliphatic heterocycles. The molecule has 1 aliphatic carbocycles. The van der Waals surface area contributed by atoms with Gasteiger partial charge in [-0.25, -0.2) is 0 Å². The van der Waals surface area contributed by atoms with Gasteiger partial charge in [0.1, 0.15) is 0 Å². The molecule has 0 spiro atoms. The van der Waals surface area contributed by atoms with Crippen molar-refractivity contribution < 1.29 is 4.79 Å². The molecule has 0 bridgehead atoms. The summed E-state index contributed by atoms with van der Waals surface area (Å²) in [6, 6.07) is 8.26. The molecule has 2 aromatic rings. The second kappa shape index (κ2) is 6.99. The smallest absolute Gasteiger partial charge is 0.224 e. The monoisotopic (exact) mass is 298 g/mol. The zero-order chi connectivity index (χ0) is 15.4. The number of fused-ring (bicyclic) bond motifs is 1. The molecule has 3 heteroatoms. The van der Waals surface area contributed by atoms with Gasteiger partial charge in [-0.1, -0.05) is 43.9 Å². The van der Waals surface area contributed by atoms with Crippen LogP contribution in [-0.4, -0.2) is 17.0 Å². The highest BCUT2D eigenvalue weighted by Crippen LogP contribution is 2.28. The first-order valence-corrected chi connectivity index (χ1v) is 8.53. The van der Waals surface area contributed by atoms with Gasteiger partial charge in [0.05, 0.1) is 6.42 Å². The minimum absolute atomic E-state index is 0.141. The number of nitrogens with zero attached hydrogens (tertiary/aromatic N) is 1. The van der Waals surface area contributed by atoms with E-state index in [0.29, 0.717) is 6.42 Å². The standard InChI is InChI=1S/C19H26N2O/c1-21-14-16(17-10-4-5-11-18(17)21)13-19(22)20-12-6-9-15-7-2-3-8-15/h4-5,10-11,14-15H,2-3,6-9,12-13H2,1H3,(H,20,22). The van der Waals surface area contributed by atoms with E-state index in [1.54, 1.807) is 0 Å². The molecule has 0 radical (unpaired) electrons. The molecule has 1 N–H and O–H groups in total. The zero-order valence-electron chi connectivity index (χ0n) is 13.5. The topological polar surface area (TPSA) is 34.0 Å². The SMILES string of the molecule is Cn1cc(CC(=O)NCCCC2CCCC2)c2ccccc21. The van der Waals surface area contributed by atoms with Gasteiger partial charge in [0.2, 0.25) is 5.91 Å². The number of benzene rings is 1. The summed E-state index contributed by atoms with van der Waals surface area (Å²) in [5, 5.41) is 4.27. The average molecular weight is 298 g/mol. The summed E-state index contributed by atoms with van der Waals surface area (Å²) in [6.07, 6.45) is 10.5. The Morgan fingerprint density at radius 2 is 2.05 bits per heavy atom. The second-order valence-electron chi connectivity index (χ2n) is 6.60. The Hall–Kier alpha value is -1.77. The van der Waals surface area contributed by atoms with Crippen molar-refractivity contribution in [1.29, 1.82) is 0 Å². The quantitative estimate of drug-likeness (QED) is 0.809. The van der Waals surface area contributed by atoms with Crippen molar-refractivity contribution in [2.75, 3.05) is 6.54 Å². The van der Waals surface area contributed by atoms with Crippen LogP contribution in [0.4, 0.5) is 0 Å². The summed E-state index contributed by atoms with van der Waals surface area (Å²) < 4.78 is 2.10. The average Bonchev–Trinajstić information content (AvgIpc) is 3.13. The number of hydrogen-bond acceptors (Lipinski definition) is 1. The number of para-hydroxylation sites is 1. The van der Waals surface area contributed by atoms with Crippen molar-refractivity contribution in [3.05, 3.63) is 36.0 Å². The van der Waals surface area contributed by atoms with E-state index in [4.69, 9.17) is 0 Å². The summed E-state index contributed by atoms with van der Waals surface area (Å²) in [4.78, 5) is 12.1. The predicted molar refractivity (Wildman–Crippen MR) is 90.8 cm³/mol. The fourth-order valence-corrected chi connectivity index (χ4v) is 3.72. The van der Waals surface area contributed by atoms with Crippen molar-refractivity contribution in [3.8, 4) is 0 Å². The predicted octanol–water partition coefficient (Wildman–Crippen LogP) is 3.81. The van der Waals surface area contributed by atoms with E-state index in [1.807, 2.05) is 19.2 Å². The van der Waals surface area contributed by atoms with E-state index in [1.165, 1.54) is 43.0 Å². The normalized spacial score (nSPS) is 15.5. The number of rotatable bonds is 6. The highest BCUT2D eigenvalue weighted by Gasteiger charge is 2.14. The fraction of sp³-hybridized carbons (Fsp3) is 0.526. The Labute approximate surface area is 132 Å². The molecule has 1 saturated carbocycles. The van der Waals surface area contributed by atoms with E-state index in [-0.39, 0.29) is 5.91 Å². The molecular weight excluding hydrogens is 272 g/mol. The Kier molecular flexibility index (Phi) is 4.81. The van der Waals surface area contributed by atoms with Crippen LogP contribution in [0.15, 0.2) is 30.5 Å². The van der Waals surface area contributed by atoms with Gasteiger partial charge in [-0.2, -0.15) is 0 Å². The van der Waals surface area contributed by atoms with Crippen molar-refractivity contribution in [3.63, 3.8) is 0 Å². The van der Waals surface area contributed by atoms with Crippen LogP contribution in [0.1, 0.15) is 44.1 Å². The Bertz CT molecular complexity index is 638. The fourth-order valence-electron chi connectivity index (χ4n) is 3.72. The van der Waals surface area contributed by atoms with Crippen molar-refractivity contribution in [1.82, 2.24) is 9.88 Å². The summed E-state index contributed by atoms with van der Waals surface area (Å²) in [5.74, 6) is 1.05. The molecule has 1 aliphatic rings. The first-order chi connectivity index (χ1) is 10.7. The summed E-state index contributed by atoms with van der Waals surface area (Å²) >= 11 is 0. The van der Waals surface area contributed by atoms with Crippen molar-refractivity contribution in [2.45, 2.75) is 44.9 Å². The van der Waals surface area contributed by atoms with Gasteiger partial charge in [0.15, 0.2) is 0 Å². The summed E-state index contributed by atoms with van der Waals surface area (Å²) in [7, 11) is 2.03. The van der Waals surface area contributed by atoms with Gasteiger partial charge in [-0.05, 0) is 30.4 Å². The van der Waals surface area contributed by atoms with Crippen molar-refractivity contribution in [2.24, 2.45) is 13.0 Å². The molecule has 1 amide bonds. The highest BCUT2D eigenvalue weighted by atomic mass is 16.1. The van der Waals surface area contributed by atoms with Gasteiger partial charge in [-0.3, -0.25) is 4.79 Å². The third kappa shape index (κ3) is 3.52. The van der Waals surface area contributed by atoms with Crippen LogP contribution in [0.5, 0.6) is 0 Å². The van der Waals surface area contributed by atoms with Gasteiger partial charge in [0, 0.05) is 30.7 Å². The first-order valence-electron chi connectivity index (χ1n) is 8.53. The molecule has 3 rings (SSSR count). The number of carbonyl (C=O) groups excluding carboxylic acids is 1. The zero-order valence-corrected chi connectivity index (χ0v) is 13.5. The lowest BCUT2D eigenvalue weighted by molar-refractivity contribution is -0.120. The molecule has 1 heterocycles. The lowest BCUT2D eigenvalue weighted by atomic mass is 10.0. The van der Waals surface area contributed by atoms with Crippen LogP contribution >= 0.6 is 0 Å². The number of nitrogens with one attached hydrogen (secondary N) is 1. The van der Waals surface area contributed by atoms with Crippen molar-refractivity contribution >= 4 is 16.8 Å². The maximum absolute atomic E-state index is 12.1.